The van der Waals surface area contributed by atoms with E-state index >= 15 is 0 Å². The number of hydrogen-bond donors (Lipinski definition) is 2. The molecule has 5 saturated carbocycles. The number of Topliss-reactive ketones (excluding diaryl/α,β-unsaturated/α-hetero) is 1. The highest BCUT2D eigenvalue weighted by molar-refractivity contribution is 6.30. The van der Waals surface area contributed by atoms with E-state index < -0.39 is 28.3 Å². The maximum Gasteiger partial charge on any atom is 0.309 e. The predicted octanol–water partition coefficient (Wildman–Crippen LogP) is 9.58. The number of rotatable bonds is 9. The smallest absolute Gasteiger partial charge is 0.309 e. The number of carboxylic acids is 1. The molecule has 8 atom stereocenters. The van der Waals surface area contributed by atoms with Gasteiger partial charge in [-0.25, -0.2) is 9.97 Å². The van der Waals surface area contributed by atoms with Gasteiger partial charge in [0.15, 0.2) is 11.6 Å². The van der Waals surface area contributed by atoms with E-state index in [9.17, 15) is 24.3 Å². The Hall–Kier alpha value is -3.07. The predicted molar refractivity (Wildman–Crippen MR) is 215 cm³/mol. The number of esters is 1. The van der Waals surface area contributed by atoms with Gasteiger partial charge in [-0.2, -0.15) is 0 Å². The maximum absolute atomic E-state index is 14.2. The lowest BCUT2D eigenvalue weighted by Crippen LogP contribution is -2.64. The molecule has 1 amide bonds. The molecule has 56 heavy (non-hydrogen) atoms. The van der Waals surface area contributed by atoms with Crippen LogP contribution in [0.5, 0.6) is 0 Å². The number of aromatic nitrogens is 2. The number of nitrogens with one attached hydrogen (secondary N) is 1. The summed E-state index contributed by atoms with van der Waals surface area (Å²) in [5.74, 6) is 0.579. The van der Waals surface area contributed by atoms with Gasteiger partial charge in [-0.3, -0.25) is 19.2 Å². The van der Waals surface area contributed by atoms with Crippen LogP contribution in [0.2, 0.25) is 5.02 Å². The third-order valence-electron chi connectivity index (χ3n) is 16.6. The van der Waals surface area contributed by atoms with Crippen molar-refractivity contribution in [2.45, 2.75) is 158 Å². The van der Waals surface area contributed by atoms with Gasteiger partial charge in [0.25, 0.3) is 0 Å². The van der Waals surface area contributed by atoms with Gasteiger partial charge >= 0.3 is 11.9 Å². The molecule has 10 heteroatoms. The van der Waals surface area contributed by atoms with Crippen LogP contribution in [0.25, 0.3) is 0 Å². The number of hydrogen-bond acceptors (Lipinski definition) is 7. The number of fused-ring (bicyclic) bond motifs is 7. The van der Waals surface area contributed by atoms with Crippen molar-refractivity contribution >= 4 is 35.2 Å². The summed E-state index contributed by atoms with van der Waals surface area (Å²) in [6, 6.07) is 0. The minimum atomic E-state index is -1.17. The number of nitrogens with zero attached hydrogens (tertiary/aromatic N) is 2. The second-order valence-corrected chi connectivity index (χ2v) is 21.6. The van der Waals surface area contributed by atoms with Crippen LogP contribution in [-0.4, -0.2) is 44.8 Å². The average Bonchev–Trinajstić information content (AvgIpc) is 3.80. The monoisotopic (exact) mass is 789 g/mol. The summed E-state index contributed by atoms with van der Waals surface area (Å²) in [5, 5.41) is 13.3. The van der Waals surface area contributed by atoms with Gasteiger partial charge in [0.2, 0.25) is 5.91 Å². The van der Waals surface area contributed by atoms with E-state index in [1.54, 1.807) is 26.2 Å². The highest BCUT2D eigenvalue weighted by Crippen LogP contribution is 2.76. The van der Waals surface area contributed by atoms with E-state index in [1.807, 2.05) is 6.92 Å². The largest absolute Gasteiger partial charge is 0.481 e. The minimum absolute atomic E-state index is 0.0531. The Balaban J connectivity index is 1.16. The Morgan fingerprint density at radius 2 is 1.52 bits per heavy atom. The van der Waals surface area contributed by atoms with Crippen molar-refractivity contribution in [2.75, 3.05) is 0 Å². The number of allylic oxidation sites excluding steroid dienone is 3. The molecule has 9 nitrogen and oxygen atoms in total. The van der Waals surface area contributed by atoms with Gasteiger partial charge in [-0.1, -0.05) is 66.1 Å². The van der Waals surface area contributed by atoms with Gasteiger partial charge in [0, 0.05) is 35.2 Å². The quantitative estimate of drug-likeness (QED) is 0.187. The van der Waals surface area contributed by atoms with Crippen LogP contribution in [0.4, 0.5) is 0 Å². The summed E-state index contributed by atoms with van der Waals surface area (Å²) in [5.41, 5.74) is 0.371. The first-order chi connectivity index (χ1) is 26.0. The number of carbonyl (C=O) groups excluding carboxylic acids is 3. The molecule has 0 radical (unpaired) electrons. The third-order valence-corrected chi connectivity index (χ3v) is 16.8. The Bertz CT molecular complexity index is 1900. The van der Waals surface area contributed by atoms with Gasteiger partial charge < -0.3 is 15.2 Å². The Labute approximate surface area is 338 Å². The topological polar surface area (TPSA) is 136 Å². The molecule has 0 saturated heterocycles. The van der Waals surface area contributed by atoms with Crippen LogP contribution >= 0.6 is 11.6 Å². The zero-order chi connectivity index (χ0) is 41.0. The highest BCUT2D eigenvalue weighted by Gasteiger charge is 2.69. The third kappa shape index (κ3) is 6.30. The van der Waals surface area contributed by atoms with Crippen molar-refractivity contribution in [1.82, 2.24) is 15.3 Å². The van der Waals surface area contributed by atoms with E-state index in [2.05, 4.69) is 69.8 Å². The molecule has 6 aliphatic rings. The first-order valence-electron chi connectivity index (χ1n) is 21.2. The molecule has 0 aromatic carbocycles. The molecule has 1 aromatic heterocycles. The summed E-state index contributed by atoms with van der Waals surface area (Å²) in [4.78, 5) is 61.9. The number of amides is 1. The Kier molecular flexibility index (Phi) is 9.90. The molecule has 1 heterocycles. The van der Waals surface area contributed by atoms with Crippen LogP contribution in [0.1, 0.15) is 152 Å². The number of halogens is 1. The summed E-state index contributed by atoms with van der Waals surface area (Å²) < 4.78 is 6.17. The van der Waals surface area contributed by atoms with Crippen molar-refractivity contribution in [1.29, 1.82) is 0 Å². The summed E-state index contributed by atoms with van der Waals surface area (Å²) in [6.07, 6.45) is 14.6. The van der Waals surface area contributed by atoms with E-state index in [0.29, 0.717) is 40.6 Å². The lowest BCUT2D eigenvalue weighted by Gasteiger charge is -2.71. The molecule has 0 unspecified atom stereocenters. The molecular weight excluding hydrogens is 726 g/mol. The van der Waals surface area contributed by atoms with Crippen molar-refractivity contribution in [3.63, 3.8) is 0 Å². The zero-order valence-corrected chi connectivity index (χ0v) is 36.1. The standard InChI is InChI=1S/C46H64ClN3O6/c1-26(2)35-29(51)22-45(21-27(3)37(53)50-46(19-20-46)38-48-24-28(47)25-49-38)18-13-32-43(9)15-11-30-41(6,7)33(56-34(52)23-40(4,5)39(54)55)14-17-42(30,8)31(43)12-16-44(32,10)36(35)45/h21,24-26,30-33H,11-20,22-23H2,1-10H3,(H,50,53)(H,54,55)/b27-21+/t30-,31+,32-,33-,42-,43+,44-,45+/m0/s1. The van der Waals surface area contributed by atoms with Crippen molar-refractivity contribution in [3.05, 3.63) is 46.0 Å². The van der Waals surface area contributed by atoms with Gasteiger partial charge in [0.05, 0.1) is 16.9 Å². The summed E-state index contributed by atoms with van der Waals surface area (Å²) in [7, 11) is 0. The number of ether oxygens (including phenoxy) is 1. The van der Waals surface area contributed by atoms with Crippen molar-refractivity contribution < 1.29 is 29.0 Å². The first-order valence-corrected chi connectivity index (χ1v) is 21.5. The Morgan fingerprint density at radius 1 is 0.929 bits per heavy atom. The first kappa shape index (κ1) is 41.1. The zero-order valence-electron chi connectivity index (χ0n) is 35.4. The second kappa shape index (κ2) is 13.5. The number of aliphatic carboxylic acids is 1. The molecule has 7 rings (SSSR count). The van der Waals surface area contributed by atoms with Gasteiger partial charge in [0.1, 0.15) is 11.6 Å². The molecule has 306 valence electrons. The van der Waals surface area contributed by atoms with E-state index in [4.69, 9.17) is 16.3 Å². The average molecular weight is 790 g/mol. The molecule has 5 fully saturated rings. The fourth-order valence-corrected chi connectivity index (χ4v) is 13.9. The molecule has 0 bridgehead atoms. The number of ketones is 1. The lowest BCUT2D eigenvalue weighted by molar-refractivity contribution is -0.221. The van der Waals surface area contributed by atoms with Gasteiger partial charge in [-0.05, 0) is 136 Å². The molecule has 0 spiro atoms. The van der Waals surface area contributed by atoms with Crippen LogP contribution in [-0.2, 0) is 29.5 Å². The molecular formula is C46H64ClN3O6. The van der Waals surface area contributed by atoms with Crippen LogP contribution in [0.15, 0.2) is 35.2 Å². The van der Waals surface area contributed by atoms with Gasteiger partial charge in [-0.15, -0.1) is 0 Å². The lowest BCUT2D eigenvalue weighted by atomic mass is 9.34. The summed E-state index contributed by atoms with van der Waals surface area (Å²) >= 11 is 6.06. The SMILES string of the molecule is C/C(=C\[C@@]12CC[C@H]3[C@]4(C)CC[C@H]5C(C)(C)[C@@H](OC(=O)CC(C)(C)C(=O)O)CC[C@]5(C)[C@H]4CC[C@]3(C)C1=C(C(C)C)C(=O)C2)C(=O)NC1(c2ncc(Cl)cn2)CC1. The minimum Gasteiger partial charge on any atom is -0.481 e. The molecule has 1 aromatic rings. The normalized spacial score (nSPS) is 37.2. The molecule has 6 aliphatic carbocycles. The van der Waals surface area contributed by atoms with E-state index in [1.165, 1.54) is 5.57 Å². The van der Waals surface area contributed by atoms with Crippen molar-refractivity contribution in [2.24, 2.45) is 56.2 Å². The fourth-order valence-electron chi connectivity index (χ4n) is 13.8. The second-order valence-electron chi connectivity index (χ2n) is 21.2. The summed E-state index contributed by atoms with van der Waals surface area (Å²) in [6.45, 7) is 21.4. The maximum atomic E-state index is 14.2. The van der Waals surface area contributed by atoms with Crippen LogP contribution in [0.3, 0.4) is 0 Å². The van der Waals surface area contributed by atoms with Crippen molar-refractivity contribution in [3.8, 4) is 0 Å². The van der Waals surface area contributed by atoms with E-state index in [-0.39, 0.29) is 51.8 Å². The van der Waals surface area contributed by atoms with E-state index in [0.717, 1.165) is 69.8 Å². The molecule has 0 aliphatic heterocycles. The number of carboxylic acid groups (broad SMARTS) is 1. The van der Waals surface area contributed by atoms with Crippen LogP contribution < -0.4 is 5.32 Å². The molecule has 2 N–H and O–H groups in total. The van der Waals surface area contributed by atoms with Crippen LogP contribution in [0, 0.1) is 56.2 Å². The fraction of sp³-hybridized carbons (Fsp3) is 0.739. The Morgan fingerprint density at radius 3 is 2.12 bits per heavy atom. The highest BCUT2D eigenvalue weighted by atomic mass is 35.5. The number of carbonyl (C=O) groups is 4.